The second-order valence-corrected chi connectivity index (χ2v) is 9.60. The Hall–Kier alpha value is -2.22. The topological polar surface area (TPSA) is 74.3 Å². The maximum atomic E-state index is 12.8. The van der Waals surface area contributed by atoms with Gasteiger partial charge in [-0.05, 0) is 43.5 Å². The van der Waals surface area contributed by atoms with Gasteiger partial charge in [0, 0.05) is 30.9 Å². The summed E-state index contributed by atoms with van der Waals surface area (Å²) in [6.45, 7) is 7.73. The molecule has 7 heteroatoms. The smallest absolute Gasteiger partial charge is 0.282 e. The highest BCUT2D eigenvalue weighted by atomic mass is 32.2. The minimum Gasteiger partial charge on any atom is -0.333 e. The van der Waals surface area contributed by atoms with Gasteiger partial charge in [-0.15, -0.1) is 0 Å². The maximum Gasteiger partial charge on any atom is 0.282 e. The number of rotatable bonds is 8. The molecular formula is C23H32N3O3S+. The van der Waals surface area contributed by atoms with Gasteiger partial charge in [-0.25, -0.2) is 8.42 Å². The molecule has 1 heterocycles. The van der Waals surface area contributed by atoms with Gasteiger partial charge in [0.2, 0.25) is 10.0 Å². The molecule has 30 heavy (non-hydrogen) atoms. The number of carbonyl (C=O) groups is 1. The van der Waals surface area contributed by atoms with E-state index < -0.39 is 10.0 Å². The Morgan fingerprint density at radius 2 is 1.77 bits per heavy atom. The van der Waals surface area contributed by atoms with Crippen LogP contribution in [0.1, 0.15) is 44.4 Å². The lowest BCUT2D eigenvalue weighted by Gasteiger charge is -2.29. The number of hydrogen-bond donors (Lipinski definition) is 1. The summed E-state index contributed by atoms with van der Waals surface area (Å²) in [5.41, 5.74) is 3.26. The molecule has 0 aromatic heterocycles. The highest BCUT2D eigenvalue weighted by Crippen LogP contribution is 2.26. The van der Waals surface area contributed by atoms with Crippen molar-refractivity contribution in [3.8, 4) is 0 Å². The van der Waals surface area contributed by atoms with Crippen molar-refractivity contribution in [1.82, 2.24) is 4.31 Å². The van der Waals surface area contributed by atoms with Crippen LogP contribution in [-0.4, -0.2) is 44.8 Å². The Kier molecular flexibility index (Phi) is 7.28. The molecule has 1 aliphatic heterocycles. The SMILES string of the molecule is CCN(CC)S(=O)(=O)c1ccc([C@H](C)[NH2+]CC(=O)N2CCCc3ccccc32)cc1. The summed E-state index contributed by atoms with van der Waals surface area (Å²) < 4.78 is 26.7. The fourth-order valence-corrected chi connectivity index (χ4v) is 5.43. The Bertz CT molecular complexity index is 969. The van der Waals surface area contributed by atoms with Gasteiger partial charge < -0.3 is 10.2 Å². The molecule has 3 rings (SSSR count). The minimum atomic E-state index is -3.45. The summed E-state index contributed by atoms with van der Waals surface area (Å²) >= 11 is 0. The van der Waals surface area contributed by atoms with E-state index in [1.165, 1.54) is 9.87 Å². The number of para-hydroxylation sites is 1. The molecule has 0 spiro atoms. The zero-order valence-electron chi connectivity index (χ0n) is 18.0. The van der Waals surface area contributed by atoms with E-state index in [-0.39, 0.29) is 11.9 Å². The first-order valence-corrected chi connectivity index (χ1v) is 12.1. The zero-order valence-corrected chi connectivity index (χ0v) is 18.9. The highest BCUT2D eigenvalue weighted by Gasteiger charge is 2.25. The van der Waals surface area contributed by atoms with Gasteiger partial charge in [0.05, 0.1) is 4.90 Å². The van der Waals surface area contributed by atoms with Crippen molar-refractivity contribution in [3.63, 3.8) is 0 Å². The maximum absolute atomic E-state index is 12.8. The molecule has 0 saturated heterocycles. The van der Waals surface area contributed by atoms with E-state index in [1.807, 2.05) is 61.3 Å². The third-order valence-electron chi connectivity index (χ3n) is 5.81. The van der Waals surface area contributed by atoms with Gasteiger partial charge in [0.15, 0.2) is 6.54 Å². The number of carbonyl (C=O) groups excluding carboxylic acids is 1. The summed E-state index contributed by atoms with van der Waals surface area (Å²) in [6.07, 6.45) is 2.00. The van der Waals surface area contributed by atoms with Crippen molar-refractivity contribution in [3.05, 3.63) is 59.7 Å². The molecule has 162 valence electrons. The van der Waals surface area contributed by atoms with Crippen molar-refractivity contribution in [2.75, 3.05) is 31.1 Å². The van der Waals surface area contributed by atoms with Crippen molar-refractivity contribution < 1.29 is 18.5 Å². The highest BCUT2D eigenvalue weighted by molar-refractivity contribution is 7.89. The summed E-state index contributed by atoms with van der Waals surface area (Å²) in [5.74, 6) is 0.106. The number of aryl methyl sites for hydroxylation is 1. The van der Waals surface area contributed by atoms with Crippen LogP contribution in [0, 0.1) is 0 Å². The van der Waals surface area contributed by atoms with Crippen LogP contribution < -0.4 is 10.2 Å². The number of amides is 1. The number of nitrogens with two attached hydrogens (primary N) is 1. The second-order valence-electron chi connectivity index (χ2n) is 7.66. The van der Waals surface area contributed by atoms with E-state index >= 15 is 0 Å². The standard InChI is InChI=1S/C23H31N3O3S/c1-4-25(5-2)30(28,29)21-14-12-19(13-15-21)18(3)24-17-23(27)26-16-8-10-20-9-6-7-11-22(20)26/h6-7,9,11-15,18,24H,4-5,8,10,16-17H2,1-3H3/p+1/t18-/m0/s1. The molecule has 2 aromatic rings. The molecule has 0 aliphatic carbocycles. The Labute approximate surface area is 179 Å². The number of hydrogen-bond acceptors (Lipinski definition) is 3. The number of sulfonamides is 1. The van der Waals surface area contributed by atoms with Gasteiger partial charge in [-0.2, -0.15) is 4.31 Å². The average Bonchev–Trinajstić information content (AvgIpc) is 2.77. The van der Waals surface area contributed by atoms with Crippen LogP contribution in [0.5, 0.6) is 0 Å². The van der Waals surface area contributed by atoms with E-state index in [0.717, 1.165) is 30.6 Å². The largest absolute Gasteiger partial charge is 0.333 e. The van der Waals surface area contributed by atoms with Crippen LogP contribution in [0.3, 0.4) is 0 Å². The molecule has 6 nitrogen and oxygen atoms in total. The first kappa shape index (κ1) is 22.5. The normalized spacial score (nSPS) is 15.1. The van der Waals surface area contributed by atoms with Crippen LogP contribution in [-0.2, 0) is 21.2 Å². The average molecular weight is 431 g/mol. The lowest BCUT2D eigenvalue weighted by molar-refractivity contribution is -0.682. The number of anilines is 1. The molecule has 0 fully saturated rings. The van der Waals surface area contributed by atoms with Crippen molar-refractivity contribution >= 4 is 21.6 Å². The number of nitrogens with zero attached hydrogens (tertiary/aromatic N) is 2. The van der Waals surface area contributed by atoms with Gasteiger partial charge >= 0.3 is 0 Å². The van der Waals surface area contributed by atoms with Crippen LogP contribution >= 0.6 is 0 Å². The van der Waals surface area contributed by atoms with E-state index in [9.17, 15) is 13.2 Å². The zero-order chi connectivity index (χ0) is 21.7. The van der Waals surface area contributed by atoms with Crippen LogP contribution in [0.25, 0.3) is 0 Å². The molecular weight excluding hydrogens is 398 g/mol. The molecule has 0 unspecified atom stereocenters. The monoisotopic (exact) mass is 430 g/mol. The van der Waals surface area contributed by atoms with Gasteiger partial charge in [0.1, 0.15) is 6.04 Å². The van der Waals surface area contributed by atoms with Gasteiger partial charge in [-0.3, -0.25) is 4.79 Å². The fraction of sp³-hybridized carbons (Fsp3) is 0.435. The van der Waals surface area contributed by atoms with E-state index in [4.69, 9.17) is 0 Å². The third kappa shape index (κ3) is 4.74. The minimum absolute atomic E-state index is 0.0548. The molecule has 2 aromatic carbocycles. The molecule has 1 amide bonds. The molecule has 0 saturated carbocycles. The molecule has 2 N–H and O–H groups in total. The summed E-state index contributed by atoms with van der Waals surface area (Å²) in [7, 11) is -3.45. The molecule has 1 atom stereocenters. The third-order valence-corrected chi connectivity index (χ3v) is 7.87. The second kappa shape index (κ2) is 9.73. The number of fused-ring (bicyclic) bond motifs is 1. The predicted molar refractivity (Wildman–Crippen MR) is 119 cm³/mol. The molecule has 0 radical (unpaired) electrons. The summed E-state index contributed by atoms with van der Waals surface area (Å²) in [5, 5.41) is 2.01. The first-order chi connectivity index (χ1) is 14.4. The predicted octanol–water partition coefficient (Wildman–Crippen LogP) is 2.32. The molecule has 1 aliphatic rings. The summed E-state index contributed by atoms with van der Waals surface area (Å²) in [4.78, 5) is 15.0. The van der Waals surface area contributed by atoms with Crippen LogP contribution in [0.15, 0.2) is 53.4 Å². The quantitative estimate of drug-likeness (QED) is 0.698. The lowest BCUT2D eigenvalue weighted by Crippen LogP contribution is -2.87. The van der Waals surface area contributed by atoms with Gasteiger partial charge in [0.25, 0.3) is 5.91 Å². The first-order valence-electron chi connectivity index (χ1n) is 10.7. The van der Waals surface area contributed by atoms with Crippen molar-refractivity contribution in [2.24, 2.45) is 0 Å². The van der Waals surface area contributed by atoms with Crippen molar-refractivity contribution in [2.45, 2.75) is 44.6 Å². The van der Waals surface area contributed by atoms with E-state index in [0.29, 0.717) is 24.5 Å². The Morgan fingerprint density at radius 3 is 2.43 bits per heavy atom. The van der Waals surface area contributed by atoms with Crippen LogP contribution in [0.2, 0.25) is 0 Å². The van der Waals surface area contributed by atoms with Gasteiger partial charge in [-0.1, -0.05) is 44.2 Å². The lowest BCUT2D eigenvalue weighted by atomic mass is 10.0. The molecule has 0 bridgehead atoms. The van der Waals surface area contributed by atoms with E-state index in [1.54, 1.807) is 12.1 Å². The van der Waals surface area contributed by atoms with Crippen molar-refractivity contribution in [1.29, 1.82) is 0 Å². The Balaban J connectivity index is 1.63. The number of benzene rings is 2. The van der Waals surface area contributed by atoms with E-state index in [2.05, 4.69) is 6.07 Å². The number of quaternary nitrogens is 1. The fourth-order valence-electron chi connectivity index (χ4n) is 3.97. The summed E-state index contributed by atoms with van der Waals surface area (Å²) in [6, 6.07) is 15.2. The van der Waals surface area contributed by atoms with Crippen LogP contribution in [0.4, 0.5) is 5.69 Å². The Morgan fingerprint density at radius 1 is 1.10 bits per heavy atom.